The number of hydrogen-bond donors (Lipinski definition) is 10. The Labute approximate surface area is 412 Å². The summed E-state index contributed by atoms with van der Waals surface area (Å²) in [4.78, 5) is 96.0. The second-order valence-corrected chi connectivity index (χ2v) is 21.9. The van der Waals surface area contributed by atoms with E-state index in [2.05, 4.69) is 41.1 Å². The highest BCUT2D eigenvalue weighted by molar-refractivity contribution is 8.76. The molecule has 2 aromatic carbocycles. The van der Waals surface area contributed by atoms with E-state index in [1.165, 1.54) is 38.4 Å². The molecule has 3 heterocycles. The Bertz CT molecular complexity index is 2790. The molecule has 2 amide bonds. The van der Waals surface area contributed by atoms with Crippen LogP contribution in [0.5, 0.6) is 5.75 Å². The van der Waals surface area contributed by atoms with Crippen molar-refractivity contribution in [2.75, 3.05) is 64.7 Å². The molecule has 1 fully saturated rings. The van der Waals surface area contributed by atoms with Crippen LogP contribution in [0, 0.1) is 11.8 Å². The molecule has 7 atom stereocenters. The van der Waals surface area contributed by atoms with Crippen molar-refractivity contribution in [3.8, 4) is 17.6 Å². The van der Waals surface area contributed by atoms with Gasteiger partial charge in [-0.25, -0.2) is 18.5 Å². The number of nitrogen functional groups attached to an aromatic ring is 1. The van der Waals surface area contributed by atoms with Crippen molar-refractivity contribution < 1.29 is 84.5 Å². The number of phosphoric ester groups is 1. The molecule has 388 valence electrons. The number of phosphoric acid groups is 3. The quantitative estimate of drug-likeness (QED) is 0.0107. The molecule has 0 saturated carbocycles. The Morgan fingerprint density at radius 2 is 1.82 bits per heavy atom. The largest absolute Gasteiger partial charge is 0.490 e. The van der Waals surface area contributed by atoms with Crippen molar-refractivity contribution in [1.82, 2.24) is 25.2 Å². The molecule has 0 radical (unpaired) electrons. The normalized spacial score (nSPS) is 18.3. The van der Waals surface area contributed by atoms with Crippen molar-refractivity contribution in [1.29, 1.82) is 0 Å². The number of nitrogens with zero attached hydrogens (tertiary/aromatic N) is 2. The third-order valence-corrected chi connectivity index (χ3v) is 15.4. The number of benzene rings is 2. The number of amides is 2. The predicted molar refractivity (Wildman–Crippen MR) is 256 cm³/mol. The zero-order valence-electron chi connectivity index (χ0n) is 37.6. The maximum atomic E-state index is 13.8. The standard InChI is InChI=1S/C39H51N8O19P3S2/c1-23(71-70-2)27-10-3-4-11-28(27)38(51)64-29-18-33(63-30(29)20-62-68(55,56)66-69(57,58)65-67(52,53)54)47-19-25(34-35(47)45-39(42)46-37(34)50)8-6-13-43-32(48)22-59-15-16-60-31(41)21-61-26-9-5-7-24(17-26)36(49)44-14-12-40/h3-5,7,9-11,17,19,23,29-31,33H,12-16,18,20-22,40-41H2,1-2H3,(H,43,48)(H,44,49)(H,55,56)(H,57,58)(H2,52,53,54)(H3,42,45,46,50)/t23?,29-,30?,31?,33-/m1/s1. The summed E-state index contributed by atoms with van der Waals surface area (Å²) in [6, 6.07) is 13.1. The first-order chi connectivity index (χ1) is 33.6. The average Bonchev–Trinajstić information content (AvgIpc) is 3.87. The topological polar surface area (TPSA) is 410 Å². The monoisotopic (exact) mass is 1090 g/mol. The molecule has 2 aromatic heterocycles. The van der Waals surface area contributed by atoms with E-state index in [1.807, 2.05) is 13.2 Å². The number of nitrogens with one attached hydrogen (secondary N) is 3. The summed E-state index contributed by atoms with van der Waals surface area (Å²) < 4.78 is 78.1. The zero-order chi connectivity index (χ0) is 51.9. The first-order valence-electron chi connectivity index (χ1n) is 20.8. The fraction of sp³-hybridized carbons (Fsp3) is 0.410. The Hall–Kier alpha value is -4.66. The number of aromatic nitrogens is 3. The summed E-state index contributed by atoms with van der Waals surface area (Å²) in [5, 5.41) is 4.98. The molecule has 27 nitrogen and oxygen atoms in total. The van der Waals surface area contributed by atoms with Gasteiger partial charge in [0.2, 0.25) is 11.9 Å². The molecule has 0 spiro atoms. The van der Waals surface area contributed by atoms with Gasteiger partial charge < -0.3 is 75.7 Å². The number of carbonyl (C=O) groups is 3. The fourth-order valence-electron chi connectivity index (χ4n) is 6.54. The van der Waals surface area contributed by atoms with Crippen molar-refractivity contribution in [3.05, 3.63) is 87.3 Å². The van der Waals surface area contributed by atoms with Gasteiger partial charge in [-0.1, -0.05) is 57.7 Å². The molecule has 71 heavy (non-hydrogen) atoms. The summed E-state index contributed by atoms with van der Waals surface area (Å²) in [5.74, 6) is 3.95. The van der Waals surface area contributed by atoms with Gasteiger partial charge in [-0.2, -0.15) is 13.6 Å². The molecule has 5 unspecified atom stereocenters. The van der Waals surface area contributed by atoms with Crippen LogP contribution in [0.1, 0.15) is 56.7 Å². The van der Waals surface area contributed by atoms with Crippen LogP contribution in [0.15, 0.2) is 59.5 Å². The summed E-state index contributed by atoms with van der Waals surface area (Å²) >= 11 is 0. The van der Waals surface area contributed by atoms with Gasteiger partial charge in [-0.15, -0.1) is 0 Å². The summed E-state index contributed by atoms with van der Waals surface area (Å²) in [6.07, 6.45) is -1.82. The Balaban J connectivity index is 1.22. The molecule has 1 saturated heterocycles. The van der Waals surface area contributed by atoms with Gasteiger partial charge in [0.05, 0.1) is 42.9 Å². The van der Waals surface area contributed by atoms with Crippen LogP contribution in [0.4, 0.5) is 5.95 Å². The molecule has 13 N–H and O–H groups in total. The first kappa shape index (κ1) is 57.2. The van der Waals surface area contributed by atoms with E-state index < -0.39 is 72.2 Å². The Morgan fingerprint density at radius 1 is 1.06 bits per heavy atom. The van der Waals surface area contributed by atoms with Crippen molar-refractivity contribution >= 4 is 79.8 Å². The van der Waals surface area contributed by atoms with Gasteiger partial charge in [0, 0.05) is 36.5 Å². The average molecular weight is 1090 g/mol. The van der Waals surface area contributed by atoms with Gasteiger partial charge in [-0.3, -0.25) is 23.9 Å². The second-order valence-electron chi connectivity index (χ2n) is 14.7. The van der Waals surface area contributed by atoms with E-state index in [9.17, 15) is 42.7 Å². The highest BCUT2D eigenvalue weighted by atomic mass is 33.1. The third kappa shape index (κ3) is 17.8. The fourth-order valence-corrected chi connectivity index (χ4v) is 11.3. The third-order valence-electron chi connectivity index (χ3n) is 9.46. The van der Waals surface area contributed by atoms with Crippen LogP contribution in [-0.4, -0.2) is 129 Å². The Morgan fingerprint density at radius 3 is 2.55 bits per heavy atom. The SMILES string of the molecule is CSSC(C)c1ccccc1C(=O)O[C@@H]1C[C@H](n2cc(C#CCNC(=O)COCCOC(N)COc3cccc(C(=O)NCCN)c3)c3c(=O)[nH]c(N)nc32)OC1COP(=O)(O)OP(=O)(O)OP(=O)(O)O. The van der Waals surface area contributed by atoms with E-state index in [4.69, 9.17) is 55.2 Å². The number of carbonyl (C=O) groups excluding carboxylic acids is 3. The van der Waals surface area contributed by atoms with E-state index in [0.717, 1.165) is 0 Å². The van der Waals surface area contributed by atoms with E-state index in [-0.39, 0.29) is 78.7 Å². The molecule has 4 aromatic rings. The van der Waals surface area contributed by atoms with Crippen LogP contribution in [0.2, 0.25) is 0 Å². The summed E-state index contributed by atoms with van der Waals surface area (Å²) in [5.41, 5.74) is 17.8. The van der Waals surface area contributed by atoms with E-state index in [0.29, 0.717) is 30.0 Å². The predicted octanol–water partition coefficient (Wildman–Crippen LogP) is 1.79. The lowest BCUT2D eigenvalue weighted by molar-refractivity contribution is -0.126. The first-order valence-corrected chi connectivity index (χ1v) is 28.0. The maximum absolute atomic E-state index is 13.8. The summed E-state index contributed by atoms with van der Waals surface area (Å²) in [7, 11) is -14.3. The van der Waals surface area contributed by atoms with Gasteiger partial charge in [0.15, 0.2) is 5.65 Å². The summed E-state index contributed by atoms with van der Waals surface area (Å²) in [6.45, 7) is 0.900. The number of hydrogen-bond acceptors (Lipinski definition) is 21. The van der Waals surface area contributed by atoms with Gasteiger partial charge in [0.1, 0.15) is 43.6 Å². The minimum atomic E-state index is -5.88. The number of rotatable bonds is 26. The number of nitrogens with two attached hydrogens (primary N) is 3. The highest BCUT2D eigenvalue weighted by Crippen LogP contribution is 2.66. The molecular formula is C39H51N8O19P3S2. The number of esters is 1. The number of aromatic amines is 1. The lowest BCUT2D eigenvalue weighted by Gasteiger charge is -2.22. The second kappa shape index (κ2) is 26.3. The smallest absolute Gasteiger partial charge is 0.489 e. The van der Waals surface area contributed by atoms with Gasteiger partial charge >= 0.3 is 29.4 Å². The molecular weight excluding hydrogens is 1040 g/mol. The molecule has 5 rings (SSSR count). The van der Waals surface area contributed by atoms with Crippen LogP contribution in [0.25, 0.3) is 11.0 Å². The lowest BCUT2D eigenvalue weighted by Crippen LogP contribution is -2.33. The van der Waals surface area contributed by atoms with Gasteiger partial charge in [-0.05, 0) is 43.0 Å². The van der Waals surface area contributed by atoms with Crippen molar-refractivity contribution in [2.45, 2.75) is 43.3 Å². The number of anilines is 1. The maximum Gasteiger partial charge on any atom is 0.490 e. The van der Waals surface area contributed by atoms with Gasteiger partial charge in [0.25, 0.3) is 11.5 Å². The lowest BCUT2D eigenvalue weighted by atomic mass is 10.0. The van der Waals surface area contributed by atoms with E-state index >= 15 is 0 Å². The Kier molecular flexibility index (Phi) is 21.2. The van der Waals surface area contributed by atoms with Crippen molar-refractivity contribution in [2.24, 2.45) is 11.5 Å². The molecule has 0 aliphatic carbocycles. The molecule has 1 aliphatic heterocycles. The minimum Gasteiger partial charge on any atom is -0.489 e. The number of fused-ring (bicyclic) bond motifs is 1. The number of H-pyrrole nitrogens is 1. The van der Waals surface area contributed by atoms with E-state index in [1.54, 1.807) is 42.5 Å². The number of ether oxygens (including phenoxy) is 5. The zero-order valence-corrected chi connectivity index (χ0v) is 42.0. The van der Waals surface area contributed by atoms with Crippen molar-refractivity contribution in [3.63, 3.8) is 0 Å². The van der Waals surface area contributed by atoms with Crippen LogP contribution in [0.3, 0.4) is 0 Å². The highest BCUT2D eigenvalue weighted by Gasteiger charge is 2.45. The minimum absolute atomic E-state index is 0.00564. The molecule has 1 aliphatic rings. The van der Waals surface area contributed by atoms with Crippen LogP contribution in [-0.2, 0) is 50.6 Å². The molecule has 32 heteroatoms. The van der Waals surface area contributed by atoms with Crippen LogP contribution >= 0.6 is 45.1 Å². The van der Waals surface area contributed by atoms with Crippen LogP contribution < -0.4 is 38.1 Å². The molecule has 0 bridgehead atoms.